The van der Waals surface area contributed by atoms with Gasteiger partial charge in [0.1, 0.15) is 5.76 Å². The molecule has 0 saturated heterocycles. The third-order valence-electron chi connectivity index (χ3n) is 2.01. The lowest BCUT2D eigenvalue weighted by Crippen LogP contribution is -2.19. The minimum atomic E-state index is 0.231. The van der Waals surface area contributed by atoms with Gasteiger partial charge < -0.3 is 10.2 Å². The molecule has 0 fully saturated rings. The summed E-state index contributed by atoms with van der Waals surface area (Å²) in [5, 5.41) is 1.21. The number of rotatable bonds is 4. The van der Waals surface area contributed by atoms with Gasteiger partial charge in [0.25, 0.3) is 5.22 Å². The Balaban J connectivity index is 2.51. The fourth-order valence-electron chi connectivity index (χ4n) is 1.24. The summed E-state index contributed by atoms with van der Waals surface area (Å²) in [6.45, 7) is 8.05. The van der Waals surface area contributed by atoms with Crippen molar-refractivity contribution in [2.75, 3.05) is 0 Å². The van der Waals surface area contributed by atoms with Gasteiger partial charge in [-0.3, -0.25) is 0 Å². The maximum absolute atomic E-state index is 5.72. The summed E-state index contributed by atoms with van der Waals surface area (Å²) >= 11 is 1.65. The molecule has 80 valence electrons. The van der Waals surface area contributed by atoms with E-state index < -0.39 is 0 Å². The zero-order valence-electron chi connectivity index (χ0n) is 9.20. The van der Waals surface area contributed by atoms with Crippen molar-refractivity contribution < 1.29 is 4.42 Å². The molecule has 14 heavy (non-hydrogen) atoms. The molecule has 1 rings (SSSR count). The van der Waals surface area contributed by atoms with E-state index in [0.717, 1.165) is 23.1 Å². The Labute approximate surface area is 89.5 Å². The van der Waals surface area contributed by atoms with Gasteiger partial charge in [-0.15, -0.1) is 0 Å². The van der Waals surface area contributed by atoms with Gasteiger partial charge >= 0.3 is 0 Å². The summed E-state index contributed by atoms with van der Waals surface area (Å²) < 4.78 is 5.48. The normalized spacial score (nSPS) is 15.5. The van der Waals surface area contributed by atoms with E-state index in [1.807, 2.05) is 20.8 Å². The van der Waals surface area contributed by atoms with Crippen molar-refractivity contribution in [1.29, 1.82) is 0 Å². The van der Waals surface area contributed by atoms with Gasteiger partial charge in [0.05, 0.1) is 5.69 Å². The molecule has 1 aromatic heterocycles. The molecule has 1 heterocycles. The Hall–Kier alpha value is -0.480. The molecule has 2 atom stereocenters. The molecule has 2 unspecified atom stereocenters. The third-order valence-corrected chi connectivity index (χ3v) is 2.99. The minimum Gasteiger partial charge on any atom is -0.437 e. The van der Waals surface area contributed by atoms with Gasteiger partial charge in [-0.05, 0) is 27.2 Å². The van der Waals surface area contributed by atoms with Gasteiger partial charge in [0.2, 0.25) is 0 Å². The molecule has 2 N–H and O–H groups in total. The lowest BCUT2D eigenvalue weighted by molar-refractivity contribution is 0.429. The van der Waals surface area contributed by atoms with Crippen LogP contribution in [0.3, 0.4) is 0 Å². The molecule has 0 bridgehead atoms. The van der Waals surface area contributed by atoms with Crippen molar-refractivity contribution in [3.63, 3.8) is 0 Å². The van der Waals surface area contributed by atoms with Crippen molar-refractivity contribution in [3.05, 3.63) is 11.5 Å². The van der Waals surface area contributed by atoms with Crippen LogP contribution in [0.25, 0.3) is 0 Å². The molecule has 0 radical (unpaired) electrons. The van der Waals surface area contributed by atoms with Gasteiger partial charge in [-0.2, -0.15) is 0 Å². The molecule has 0 aromatic carbocycles. The number of nitrogens with two attached hydrogens (primary N) is 1. The van der Waals surface area contributed by atoms with Gasteiger partial charge in [-0.25, -0.2) is 4.98 Å². The van der Waals surface area contributed by atoms with E-state index in [9.17, 15) is 0 Å². The molecule has 3 nitrogen and oxygen atoms in total. The Morgan fingerprint density at radius 2 is 2.07 bits per heavy atom. The Morgan fingerprint density at radius 3 is 2.50 bits per heavy atom. The van der Waals surface area contributed by atoms with E-state index in [1.165, 1.54) is 0 Å². The first-order valence-electron chi connectivity index (χ1n) is 4.85. The van der Waals surface area contributed by atoms with Crippen LogP contribution >= 0.6 is 11.8 Å². The van der Waals surface area contributed by atoms with Crippen LogP contribution in [0.4, 0.5) is 0 Å². The lowest BCUT2D eigenvalue weighted by atomic mass is 10.2. The van der Waals surface area contributed by atoms with E-state index >= 15 is 0 Å². The van der Waals surface area contributed by atoms with Crippen LogP contribution < -0.4 is 5.73 Å². The lowest BCUT2D eigenvalue weighted by Gasteiger charge is -2.10. The molecular formula is C10H18N2OS. The van der Waals surface area contributed by atoms with E-state index in [2.05, 4.69) is 11.9 Å². The van der Waals surface area contributed by atoms with E-state index in [1.54, 1.807) is 11.8 Å². The van der Waals surface area contributed by atoms with Crippen molar-refractivity contribution in [1.82, 2.24) is 4.98 Å². The first-order chi connectivity index (χ1) is 6.49. The number of aromatic nitrogens is 1. The van der Waals surface area contributed by atoms with Gasteiger partial charge in [0, 0.05) is 11.3 Å². The average molecular weight is 214 g/mol. The minimum absolute atomic E-state index is 0.231. The van der Waals surface area contributed by atoms with E-state index in [4.69, 9.17) is 10.2 Å². The average Bonchev–Trinajstić information content (AvgIpc) is 2.28. The molecule has 1 aromatic rings. The second kappa shape index (κ2) is 4.84. The Morgan fingerprint density at radius 1 is 1.43 bits per heavy atom. The standard InChI is InChI=1S/C10H18N2OS/c1-6(11)5-7(2)14-10-12-8(3)9(4)13-10/h6-7H,5,11H2,1-4H3. The predicted molar refractivity (Wildman–Crippen MR) is 59.6 cm³/mol. The van der Waals surface area contributed by atoms with Crippen molar-refractivity contribution in [3.8, 4) is 0 Å². The first-order valence-corrected chi connectivity index (χ1v) is 5.73. The highest BCUT2D eigenvalue weighted by Crippen LogP contribution is 2.26. The fraction of sp³-hybridized carbons (Fsp3) is 0.700. The predicted octanol–water partition coefficient (Wildman–Crippen LogP) is 2.51. The van der Waals surface area contributed by atoms with Crippen molar-refractivity contribution in [2.45, 2.75) is 50.6 Å². The summed E-state index contributed by atoms with van der Waals surface area (Å²) in [4.78, 5) is 4.31. The molecule has 0 saturated carbocycles. The third kappa shape index (κ3) is 3.35. The summed E-state index contributed by atoms with van der Waals surface area (Å²) in [5.74, 6) is 0.903. The quantitative estimate of drug-likeness (QED) is 0.782. The summed E-state index contributed by atoms with van der Waals surface area (Å²) in [7, 11) is 0. The monoisotopic (exact) mass is 214 g/mol. The van der Waals surface area contributed by atoms with E-state index in [-0.39, 0.29) is 6.04 Å². The highest BCUT2D eigenvalue weighted by atomic mass is 32.2. The zero-order chi connectivity index (χ0) is 10.7. The van der Waals surface area contributed by atoms with Crippen LogP contribution in [0.1, 0.15) is 31.7 Å². The molecule has 0 aliphatic rings. The van der Waals surface area contributed by atoms with Gasteiger partial charge in [0.15, 0.2) is 0 Å². The summed E-state index contributed by atoms with van der Waals surface area (Å²) in [5.41, 5.74) is 6.69. The first kappa shape index (κ1) is 11.6. The molecule has 0 aliphatic heterocycles. The SMILES string of the molecule is Cc1nc(SC(C)CC(C)N)oc1C. The molecule has 0 amide bonds. The summed E-state index contributed by atoms with van der Waals surface area (Å²) in [6, 6.07) is 0.231. The van der Waals surface area contributed by atoms with Crippen LogP contribution in [0.2, 0.25) is 0 Å². The van der Waals surface area contributed by atoms with Crippen LogP contribution in [0.5, 0.6) is 0 Å². The van der Waals surface area contributed by atoms with E-state index in [0.29, 0.717) is 5.25 Å². The second-order valence-corrected chi connectivity index (χ2v) is 5.15. The van der Waals surface area contributed by atoms with Crippen LogP contribution in [0.15, 0.2) is 9.64 Å². The van der Waals surface area contributed by atoms with Crippen LogP contribution in [-0.2, 0) is 0 Å². The number of hydrogen-bond acceptors (Lipinski definition) is 4. The highest BCUT2D eigenvalue weighted by Gasteiger charge is 2.12. The molecule has 4 heteroatoms. The Bertz CT molecular complexity index is 277. The highest BCUT2D eigenvalue weighted by molar-refractivity contribution is 7.99. The largest absolute Gasteiger partial charge is 0.437 e. The second-order valence-electron chi connectivity index (χ2n) is 3.76. The Kier molecular flexibility index (Phi) is 4.01. The smallest absolute Gasteiger partial charge is 0.256 e. The number of thioether (sulfide) groups is 1. The van der Waals surface area contributed by atoms with Crippen molar-refractivity contribution >= 4 is 11.8 Å². The molecule has 0 aliphatic carbocycles. The molecule has 0 spiro atoms. The zero-order valence-corrected chi connectivity index (χ0v) is 10.0. The number of nitrogens with zero attached hydrogens (tertiary/aromatic N) is 1. The maximum atomic E-state index is 5.72. The topological polar surface area (TPSA) is 52.0 Å². The summed E-state index contributed by atoms with van der Waals surface area (Å²) in [6.07, 6.45) is 0.977. The van der Waals surface area contributed by atoms with Crippen LogP contribution in [-0.4, -0.2) is 16.3 Å². The molecular weight excluding hydrogens is 196 g/mol. The number of oxazole rings is 1. The maximum Gasteiger partial charge on any atom is 0.256 e. The van der Waals surface area contributed by atoms with Gasteiger partial charge in [-0.1, -0.05) is 18.7 Å². The number of hydrogen-bond donors (Lipinski definition) is 1. The fourth-order valence-corrected chi connectivity index (χ4v) is 2.34. The van der Waals surface area contributed by atoms with Crippen LogP contribution in [0, 0.1) is 13.8 Å². The van der Waals surface area contributed by atoms with Crippen molar-refractivity contribution in [2.24, 2.45) is 5.73 Å². The number of aryl methyl sites for hydroxylation is 2.